The first-order chi connectivity index (χ1) is 8.16. The highest BCUT2D eigenvalue weighted by Crippen LogP contribution is 2.40. The molecule has 0 fully saturated rings. The summed E-state index contributed by atoms with van der Waals surface area (Å²) in [5.41, 5.74) is 4.47. The molecule has 3 nitrogen and oxygen atoms in total. The molecule has 3 N–H and O–H groups in total. The van der Waals surface area contributed by atoms with Crippen LogP contribution in [-0.4, -0.2) is 11.7 Å². The van der Waals surface area contributed by atoms with E-state index in [1.54, 1.807) is 0 Å². The van der Waals surface area contributed by atoms with Crippen molar-refractivity contribution < 1.29 is 9.94 Å². The number of fused-ring (bicyclic) bond motifs is 1. The van der Waals surface area contributed by atoms with Crippen LogP contribution in [0.2, 0.25) is 5.02 Å². The van der Waals surface area contributed by atoms with Crippen molar-refractivity contribution in [3.05, 3.63) is 27.3 Å². The quantitative estimate of drug-likeness (QED) is 0.817. The molecule has 0 radical (unpaired) electrons. The molecule has 0 saturated carbocycles. The lowest BCUT2D eigenvalue weighted by atomic mass is 9.85. The Labute approximate surface area is 106 Å². The molecular weight excluding hydrogens is 238 g/mol. The zero-order valence-corrected chi connectivity index (χ0v) is 10.8. The highest BCUT2D eigenvalue weighted by molar-refractivity contribution is 6.33. The predicted octanol–water partition coefficient (Wildman–Crippen LogP) is 2.67. The number of benzene rings is 1. The molecule has 0 aliphatic heterocycles. The van der Waals surface area contributed by atoms with Crippen LogP contribution < -0.4 is 5.90 Å². The highest BCUT2D eigenvalue weighted by atomic mass is 35.5. The number of hydrogen-bond donors (Lipinski definition) is 2. The molecule has 0 spiro atoms. The summed E-state index contributed by atoms with van der Waals surface area (Å²) in [4.78, 5) is 4.59. The maximum atomic E-state index is 10.1. The topological polar surface area (TPSA) is 55.5 Å². The van der Waals surface area contributed by atoms with Crippen LogP contribution in [0.5, 0.6) is 5.75 Å². The van der Waals surface area contributed by atoms with Gasteiger partial charge in [-0.15, -0.1) is 0 Å². The van der Waals surface area contributed by atoms with E-state index in [4.69, 9.17) is 17.5 Å². The summed E-state index contributed by atoms with van der Waals surface area (Å²) in [6, 6.07) is 0. The van der Waals surface area contributed by atoms with E-state index in [2.05, 4.69) is 4.84 Å². The summed E-state index contributed by atoms with van der Waals surface area (Å²) in [5, 5.41) is 10.7. The average molecular weight is 256 g/mol. The van der Waals surface area contributed by atoms with E-state index in [9.17, 15) is 5.11 Å². The highest BCUT2D eigenvalue weighted by Gasteiger charge is 2.21. The Hall–Kier alpha value is -0.770. The molecule has 0 saturated heterocycles. The third-order valence-corrected chi connectivity index (χ3v) is 4.01. The number of aromatic hydroxyl groups is 1. The van der Waals surface area contributed by atoms with Gasteiger partial charge in [-0.1, -0.05) is 11.6 Å². The lowest BCUT2D eigenvalue weighted by Crippen LogP contribution is -2.11. The number of rotatable bonds is 3. The van der Waals surface area contributed by atoms with Crippen LogP contribution >= 0.6 is 11.6 Å². The van der Waals surface area contributed by atoms with Gasteiger partial charge in [0.25, 0.3) is 0 Å². The van der Waals surface area contributed by atoms with Crippen LogP contribution in [0.15, 0.2) is 0 Å². The standard InChI is InChI=1S/C13H18ClNO2/c1-8-9-4-2-3-5-11(9)12(14)13(16)10(8)6-7-17-15/h16H,2-7,15H2,1H3. The second kappa shape index (κ2) is 5.25. The smallest absolute Gasteiger partial charge is 0.138 e. The summed E-state index contributed by atoms with van der Waals surface area (Å²) in [5.74, 6) is 5.25. The van der Waals surface area contributed by atoms with E-state index in [-0.39, 0.29) is 5.75 Å². The monoisotopic (exact) mass is 255 g/mol. The molecule has 1 aliphatic carbocycles. The SMILES string of the molecule is Cc1c(CCON)c(O)c(Cl)c2c1CCCC2. The minimum Gasteiger partial charge on any atom is -0.506 e. The number of phenols is 1. The fourth-order valence-corrected chi connectivity index (χ4v) is 2.99. The molecule has 0 amide bonds. The Morgan fingerprint density at radius 2 is 1.94 bits per heavy atom. The summed E-state index contributed by atoms with van der Waals surface area (Å²) >= 11 is 6.25. The molecule has 4 heteroatoms. The molecule has 94 valence electrons. The van der Waals surface area contributed by atoms with Gasteiger partial charge < -0.3 is 9.94 Å². The van der Waals surface area contributed by atoms with E-state index in [0.717, 1.165) is 36.0 Å². The second-order valence-corrected chi connectivity index (χ2v) is 4.93. The number of nitrogens with two attached hydrogens (primary N) is 1. The molecule has 0 unspecified atom stereocenters. The molecule has 17 heavy (non-hydrogen) atoms. The van der Waals surface area contributed by atoms with Gasteiger partial charge in [-0.2, -0.15) is 0 Å². The molecule has 1 aromatic carbocycles. The molecule has 1 aliphatic rings. The van der Waals surface area contributed by atoms with Crippen LogP contribution in [-0.2, 0) is 24.1 Å². The van der Waals surface area contributed by atoms with Crippen LogP contribution in [0.3, 0.4) is 0 Å². The van der Waals surface area contributed by atoms with Crippen molar-refractivity contribution in [2.75, 3.05) is 6.61 Å². The Balaban J connectivity index is 2.49. The maximum Gasteiger partial charge on any atom is 0.138 e. The summed E-state index contributed by atoms with van der Waals surface area (Å²) in [7, 11) is 0. The van der Waals surface area contributed by atoms with E-state index < -0.39 is 0 Å². The summed E-state index contributed by atoms with van der Waals surface area (Å²) in [6.07, 6.45) is 4.97. The molecular formula is C13H18ClNO2. The zero-order chi connectivity index (χ0) is 12.4. The van der Waals surface area contributed by atoms with Crippen molar-refractivity contribution in [3.63, 3.8) is 0 Å². The zero-order valence-electron chi connectivity index (χ0n) is 10.1. The second-order valence-electron chi connectivity index (χ2n) is 4.55. The lowest BCUT2D eigenvalue weighted by molar-refractivity contribution is 0.140. The Morgan fingerprint density at radius 1 is 1.29 bits per heavy atom. The lowest BCUT2D eigenvalue weighted by Gasteiger charge is -2.23. The first kappa shape index (κ1) is 12.7. The largest absolute Gasteiger partial charge is 0.506 e. The normalized spacial score (nSPS) is 14.8. The van der Waals surface area contributed by atoms with Gasteiger partial charge in [-0.3, -0.25) is 0 Å². The molecule has 0 heterocycles. The van der Waals surface area contributed by atoms with Gasteiger partial charge in [0, 0.05) is 12.0 Å². The minimum atomic E-state index is 0.210. The van der Waals surface area contributed by atoms with E-state index >= 15 is 0 Å². The molecule has 0 aromatic heterocycles. The molecule has 1 aromatic rings. The fourth-order valence-electron chi connectivity index (χ4n) is 2.66. The van der Waals surface area contributed by atoms with Crippen molar-refractivity contribution >= 4 is 11.6 Å². The Bertz CT molecular complexity index is 432. The van der Waals surface area contributed by atoms with Crippen molar-refractivity contribution in [2.45, 2.75) is 39.0 Å². The Morgan fingerprint density at radius 3 is 2.59 bits per heavy atom. The molecule has 0 atom stereocenters. The third kappa shape index (κ3) is 2.28. The van der Waals surface area contributed by atoms with Crippen molar-refractivity contribution in [3.8, 4) is 5.75 Å². The number of phenolic OH excluding ortho intramolecular Hbond substituents is 1. The number of hydrogen-bond acceptors (Lipinski definition) is 3. The van der Waals surface area contributed by atoms with Crippen LogP contribution in [0, 0.1) is 6.92 Å². The number of halogens is 1. The van der Waals surface area contributed by atoms with Gasteiger partial charge in [0.15, 0.2) is 0 Å². The molecule has 0 bridgehead atoms. The van der Waals surface area contributed by atoms with Gasteiger partial charge in [-0.25, -0.2) is 5.90 Å². The van der Waals surface area contributed by atoms with Gasteiger partial charge in [0.1, 0.15) is 5.75 Å². The van der Waals surface area contributed by atoms with Gasteiger partial charge in [0.05, 0.1) is 11.6 Å². The van der Waals surface area contributed by atoms with Crippen LogP contribution in [0.4, 0.5) is 0 Å². The van der Waals surface area contributed by atoms with Gasteiger partial charge >= 0.3 is 0 Å². The van der Waals surface area contributed by atoms with Crippen molar-refractivity contribution in [2.24, 2.45) is 5.90 Å². The van der Waals surface area contributed by atoms with Crippen molar-refractivity contribution in [1.82, 2.24) is 0 Å². The predicted molar refractivity (Wildman–Crippen MR) is 68.3 cm³/mol. The van der Waals surface area contributed by atoms with Gasteiger partial charge in [0.2, 0.25) is 0 Å². The maximum absolute atomic E-state index is 10.1. The van der Waals surface area contributed by atoms with Crippen molar-refractivity contribution in [1.29, 1.82) is 0 Å². The first-order valence-corrected chi connectivity index (χ1v) is 6.38. The first-order valence-electron chi connectivity index (χ1n) is 6.00. The van der Waals surface area contributed by atoms with Crippen LogP contribution in [0.1, 0.15) is 35.1 Å². The van der Waals surface area contributed by atoms with Crippen LogP contribution in [0.25, 0.3) is 0 Å². The average Bonchev–Trinajstić information content (AvgIpc) is 2.36. The molecule has 2 rings (SSSR count). The van der Waals surface area contributed by atoms with Gasteiger partial charge in [-0.05, 0) is 49.3 Å². The van der Waals surface area contributed by atoms with E-state index in [1.165, 1.54) is 12.0 Å². The Kier molecular flexibility index (Phi) is 3.92. The third-order valence-electron chi connectivity index (χ3n) is 3.60. The minimum absolute atomic E-state index is 0.210. The van der Waals surface area contributed by atoms with E-state index in [1.807, 2.05) is 6.92 Å². The van der Waals surface area contributed by atoms with E-state index in [0.29, 0.717) is 18.1 Å². The fraction of sp³-hybridized carbons (Fsp3) is 0.538. The summed E-state index contributed by atoms with van der Waals surface area (Å²) in [6.45, 7) is 2.44. The summed E-state index contributed by atoms with van der Waals surface area (Å²) < 4.78 is 0.